The highest BCUT2D eigenvalue weighted by molar-refractivity contribution is 6.37. The molecule has 1 aromatic carbocycles. The van der Waals surface area contributed by atoms with Crippen LogP contribution in [0.5, 0.6) is 0 Å². The predicted octanol–water partition coefficient (Wildman–Crippen LogP) is 1.86. The van der Waals surface area contributed by atoms with Gasteiger partial charge in [-0.05, 0) is 19.9 Å². The topological polar surface area (TPSA) is 101 Å². The quantitative estimate of drug-likeness (QED) is 0.661. The summed E-state index contributed by atoms with van der Waals surface area (Å²) in [6.07, 6.45) is -0.564. The molecule has 3 rings (SSSR count). The van der Waals surface area contributed by atoms with Crippen molar-refractivity contribution in [2.45, 2.75) is 32.8 Å². The average Bonchev–Trinajstić information content (AvgIpc) is 2.90. The Bertz CT molecular complexity index is 866. The molecule has 0 saturated carbocycles. The molecule has 0 fully saturated rings. The number of ketones is 1. The number of hydrogen-bond donors (Lipinski definition) is 2. The zero-order valence-corrected chi connectivity index (χ0v) is 13.4. The fourth-order valence-electron chi connectivity index (χ4n) is 2.70. The molecule has 0 unspecified atom stereocenters. The summed E-state index contributed by atoms with van der Waals surface area (Å²) in [7, 11) is 0. The number of aromatic nitrogens is 1. The van der Waals surface area contributed by atoms with E-state index >= 15 is 0 Å². The Balaban J connectivity index is 1.78. The lowest BCUT2D eigenvalue weighted by atomic mass is 10.0. The SMILES string of the molecule is Cc1[nH]c2ccccc2c1C(=O)[C@@H](C)OC(=O)C1=NNC(=O)CC1. The van der Waals surface area contributed by atoms with E-state index in [-0.39, 0.29) is 30.2 Å². The second-order valence-corrected chi connectivity index (χ2v) is 5.68. The summed E-state index contributed by atoms with van der Waals surface area (Å²) in [5.74, 6) is -1.21. The van der Waals surface area contributed by atoms with Gasteiger partial charge < -0.3 is 9.72 Å². The van der Waals surface area contributed by atoms with E-state index in [0.717, 1.165) is 16.6 Å². The van der Waals surface area contributed by atoms with Gasteiger partial charge in [0.15, 0.2) is 6.10 Å². The number of ether oxygens (including phenoxy) is 1. The van der Waals surface area contributed by atoms with E-state index in [1.165, 1.54) is 6.92 Å². The van der Waals surface area contributed by atoms with E-state index < -0.39 is 12.1 Å². The van der Waals surface area contributed by atoms with Crippen LogP contribution in [0, 0.1) is 6.92 Å². The van der Waals surface area contributed by atoms with Gasteiger partial charge in [-0.25, -0.2) is 10.2 Å². The second kappa shape index (κ2) is 6.27. The summed E-state index contributed by atoms with van der Waals surface area (Å²) >= 11 is 0. The Morgan fingerprint density at radius 1 is 1.25 bits per heavy atom. The van der Waals surface area contributed by atoms with Crippen LogP contribution in [0.3, 0.4) is 0 Å². The van der Waals surface area contributed by atoms with Crippen molar-refractivity contribution in [3.05, 3.63) is 35.5 Å². The lowest BCUT2D eigenvalue weighted by molar-refractivity contribution is -0.138. The number of benzene rings is 1. The van der Waals surface area contributed by atoms with Crippen LogP contribution < -0.4 is 5.43 Å². The fourth-order valence-corrected chi connectivity index (χ4v) is 2.70. The van der Waals surface area contributed by atoms with E-state index in [1.54, 1.807) is 0 Å². The largest absolute Gasteiger partial charge is 0.450 e. The maximum atomic E-state index is 12.7. The van der Waals surface area contributed by atoms with Crippen LogP contribution in [0.15, 0.2) is 29.4 Å². The number of hydrogen-bond acceptors (Lipinski definition) is 5. The number of H-pyrrole nitrogens is 1. The van der Waals surface area contributed by atoms with Gasteiger partial charge in [0.25, 0.3) is 0 Å². The number of para-hydroxylation sites is 1. The van der Waals surface area contributed by atoms with Crippen LogP contribution in [-0.4, -0.2) is 34.5 Å². The third-order valence-electron chi connectivity index (χ3n) is 3.93. The Kier molecular flexibility index (Phi) is 4.16. The lowest BCUT2D eigenvalue weighted by Gasteiger charge is -2.15. The molecule has 2 heterocycles. The van der Waals surface area contributed by atoms with E-state index in [4.69, 9.17) is 4.74 Å². The van der Waals surface area contributed by atoms with Gasteiger partial charge in [-0.2, -0.15) is 5.10 Å². The molecule has 0 saturated heterocycles. The number of Topliss-reactive ketones (excluding diaryl/α,β-unsaturated/α-hetero) is 1. The Labute approximate surface area is 138 Å². The predicted molar refractivity (Wildman–Crippen MR) is 87.7 cm³/mol. The summed E-state index contributed by atoms with van der Waals surface area (Å²) < 4.78 is 5.23. The zero-order chi connectivity index (χ0) is 17.3. The van der Waals surface area contributed by atoms with E-state index in [2.05, 4.69) is 15.5 Å². The number of esters is 1. The number of carbonyl (C=O) groups is 3. The van der Waals surface area contributed by atoms with Crippen LogP contribution in [0.25, 0.3) is 10.9 Å². The minimum absolute atomic E-state index is 0.116. The third kappa shape index (κ3) is 2.92. The smallest absolute Gasteiger partial charge is 0.355 e. The molecule has 1 atom stereocenters. The number of carbonyl (C=O) groups excluding carboxylic acids is 3. The van der Waals surface area contributed by atoms with Crippen molar-refractivity contribution >= 4 is 34.3 Å². The summed E-state index contributed by atoms with van der Waals surface area (Å²) in [5, 5.41) is 4.47. The molecule has 0 radical (unpaired) electrons. The van der Waals surface area contributed by atoms with Crippen LogP contribution in [-0.2, 0) is 14.3 Å². The summed E-state index contributed by atoms with van der Waals surface area (Å²) in [4.78, 5) is 39.0. The number of amides is 1. The lowest BCUT2D eigenvalue weighted by Crippen LogP contribution is -2.34. The fraction of sp³-hybridized carbons (Fsp3) is 0.294. The summed E-state index contributed by atoms with van der Waals surface area (Å²) in [5.41, 5.74) is 4.45. The van der Waals surface area contributed by atoms with Crippen molar-refractivity contribution in [1.82, 2.24) is 10.4 Å². The molecule has 2 N–H and O–H groups in total. The molecule has 0 aliphatic carbocycles. The van der Waals surface area contributed by atoms with Crippen molar-refractivity contribution in [3.63, 3.8) is 0 Å². The molecule has 1 aliphatic heterocycles. The highest BCUT2D eigenvalue weighted by atomic mass is 16.5. The van der Waals surface area contributed by atoms with Crippen molar-refractivity contribution in [3.8, 4) is 0 Å². The molecular weight excluding hydrogens is 310 g/mol. The summed E-state index contributed by atoms with van der Waals surface area (Å²) in [6, 6.07) is 7.46. The van der Waals surface area contributed by atoms with E-state index in [9.17, 15) is 14.4 Å². The van der Waals surface area contributed by atoms with Gasteiger partial charge in [-0.1, -0.05) is 18.2 Å². The van der Waals surface area contributed by atoms with Crippen molar-refractivity contribution < 1.29 is 19.1 Å². The number of nitrogens with one attached hydrogen (secondary N) is 2. The Hall–Kier alpha value is -2.96. The first kappa shape index (κ1) is 15.9. The highest BCUT2D eigenvalue weighted by Crippen LogP contribution is 2.24. The monoisotopic (exact) mass is 327 g/mol. The Morgan fingerprint density at radius 2 is 2.00 bits per heavy atom. The number of rotatable bonds is 4. The standard InChI is InChI=1S/C17H17N3O4/c1-9-15(11-5-3-4-6-12(11)18-9)16(22)10(2)24-17(23)13-7-8-14(21)20-19-13/h3-6,10,18H,7-8H2,1-2H3,(H,20,21)/t10-/m1/s1. The molecular formula is C17H17N3O4. The molecule has 1 aromatic heterocycles. The van der Waals surface area contributed by atoms with Gasteiger partial charge in [0.05, 0.1) is 0 Å². The minimum Gasteiger partial charge on any atom is -0.450 e. The van der Waals surface area contributed by atoms with E-state index in [0.29, 0.717) is 5.56 Å². The average molecular weight is 327 g/mol. The number of aryl methyl sites for hydroxylation is 1. The van der Waals surface area contributed by atoms with Crippen molar-refractivity contribution in [2.24, 2.45) is 5.10 Å². The van der Waals surface area contributed by atoms with Gasteiger partial charge >= 0.3 is 5.97 Å². The van der Waals surface area contributed by atoms with Crippen LogP contribution >= 0.6 is 0 Å². The second-order valence-electron chi connectivity index (χ2n) is 5.68. The molecule has 7 heteroatoms. The van der Waals surface area contributed by atoms with Crippen LogP contribution in [0.4, 0.5) is 0 Å². The van der Waals surface area contributed by atoms with Gasteiger partial charge in [0.2, 0.25) is 11.7 Å². The first-order chi connectivity index (χ1) is 11.5. The number of fused-ring (bicyclic) bond motifs is 1. The normalized spacial score (nSPS) is 15.6. The molecule has 24 heavy (non-hydrogen) atoms. The number of hydrazone groups is 1. The van der Waals surface area contributed by atoms with Crippen LogP contribution in [0.1, 0.15) is 35.8 Å². The molecule has 124 valence electrons. The molecule has 0 spiro atoms. The van der Waals surface area contributed by atoms with Gasteiger partial charge in [-0.15, -0.1) is 0 Å². The third-order valence-corrected chi connectivity index (χ3v) is 3.93. The Morgan fingerprint density at radius 3 is 2.71 bits per heavy atom. The van der Waals surface area contributed by atoms with Crippen molar-refractivity contribution in [1.29, 1.82) is 0 Å². The first-order valence-corrected chi connectivity index (χ1v) is 7.65. The molecule has 0 bridgehead atoms. The molecule has 7 nitrogen and oxygen atoms in total. The van der Waals surface area contributed by atoms with Crippen molar-refractivity contribution in [2.75, 3.05) is 0 Å². The zero-order valence-electron chi connectivity index (χ0n) is 13.4. The van der Waals surface area contributed by atoms with Gasteiger partial charge in [0, 0.05) is 35.0 Å². The first-order valence-electron chi connectivity index (χ1n) is 7.65. The van der Waals surface area contributed by atoms with Crippen LogP contribution in [0.2, 0.25) is 0 Å². The molecule has 1 aliphatic rings. The highest BCUT2D eigenvalue weighted by Gasteiger charge is 2.27. The maximum Gasteiger partial charge on any atom is 0.355 e. The summed E-state index contributed by atoms with van der Waals surface area (Å²) in [6.45, 7) is 3.34. The number of aromatic amines is 1. The number of nitrogens with zero attached hydrogens (tertiary/aromatic N) is 1. The van der Waals surface area contributed by atoms with Gasteiger partial charge in [-0.3, -0.25) is 9.59 Å². The molecule has 2 aromatic rings. The molecule has 1 amide bonds. The maximum absolute atomic E-state index is 12.7. The van der Waals surface area contributed by atoms with Gasteiger partial charge in [0.1, 0.15) is 5.71 Å². The van der Waals surface area contributed by atoms with E-state index in [1.807, 2.05) is 31.2 Å². The minimum atomic E-state index is -0.948.